The van der Waals surface area contributed by atoms with Crippen LogP contribution in [0.3, 0.4) is 0 Å². The molecule has 0 spiro atoms. The number of anilines is 3. The summed E-state index contributed by atoms with van der Waals surface area (Å²) in [6, 6.07) is 37.2. The highest BCUT2D eigenvalue weighted by Crippen LogP contribution is 2.31. The first-order valence-electron chi connectivity index (χ1n) is 13.3. The second kappa shape index (κ2) is 10.5. The maximum absolute atomic E-state index is 13.1. The van der Waals surface area contributed by atoms with Crippen molar-refractivity contribution in [2.75, 3.05) is 16.8 Å². The van der Waals surface area contributed by atoms with Crippen LogP contribution in [0.5, 0.6) is 0 Å². The van der Waals surface area contributed by atoms with Gasteiger partial charge in [-0.25, -0.2) is 0 Å². The Hall–Kier alpha value is -4.38. The van der Waals surface area contributed by atoms with Crippen LogP contribution in [-0.4, -0.2) is 29.3 Å². The van der Waals surface area contributed by atoms with Crippen molar-refractivity contribution < 1.29 is 9.59 Å². The van der Waals surface area contributed by atoms with Crippen LogP contribution in [-0.2, 0) is 29.0 Å². The topological polar surface area (TPSA) is 52.7 Å². The van der Waals surface area contributed by atoms with Crippen molar-refractivity contribution in [3.8, 4) is 0 Å². The van der Waals surface area contributed by atoms with E-state index in [-0.39, 0.29) is 30.2 Å². The van der Waals surface area contributed by atoms with Gasteiger partial charge >= 0.3 is 0 Å². The number of hydrogen-bond acceptors (Lipinski definition) is 3. The number of nitrogens with zero attached hydrogens (tertiary/aromatic N) is 2. The zero-order valence-corrected chi connectivity index (χ0v) is 21.3. The predicted molar refractivity (Wildman–Crippen MR) is 151 cm³/mol. The molecule has 5 heteroatoms. The van der Waals surface area contributed by atoms with Gasteiger partial charge in [0.25, 0.3) is 0 Å². The van der Waals surface area contributed by atoms with Gasteiger partial charge in [0, 0.05) is 42.6 Å². The first kappa shape index (κ1) is 24.0. The zero-order valence-electron chi connectivity index (χ0n) is 21.3. The van der Waals surface area contributed by atoms with Gasteiger partial charge in [-0.1, -0.05) is 72.8 Å². The van der Waals surface area contributed by atoms with Gasteiger partial charge in [0.15, 0.2) is 0 Å². The van der Waals surface area contributed by atoms with Gasteiger partial charge in [-0.05, 0) is 65.9 Å². The summed E-state index contributed by atoms with van der Waals surface area (Å²) in [5.74, 6) is -0.337. The SMILES string of the molecule is O=C(Nc1ccc(N(Cc2ccccc2)c2ccccc2)cc1)C1CC(=O)N(C2Cc3ccccc3C2)C1. The average Bonchev–Trinajstić information content (AvgIpc) is 3.57. The number of fused-ring (bicyclic) bond motifs is 1. The van der Waals surface area contributed by atoms with Gasteiger partial charge < -0.3 is 15.1 Å². The Balaban J connectivity index is 1.12. The number of amides is 2. The fourth-order valence-corrected chi connectivity index (χ4v) is 5.69. The molecule has 4 aromatic carbocycles. The van der Waals surface area contributed by atoms with Crippen LogP contribution in [0.1, 0.15) is 23.1 Å². The lowest BCUT2D eigenvalue weighted by Gasteiger charge is -2.25. The summed E-state index contributed by atoms with van der Waals surface area (Å²) in [6.45, 7) is 1.22. The molecule has 1 fully saturated rings. The largest absolute Gasteiger partial charge is 0.338 e. The van der Waals surface area contributed by atoms with E-state index in [1.54, 1.807) is 0 Å². The summed E-state index contributed by atoms with van der Waals surface area (Å²) in [5, 5.41) is 3.05. The highest BCUT2D eigenvalue weighted by molar-refractivity contribution is 5.97. The van der Waals surface area contributed by atoms with Crippen LogP contribution in [0.25, 0.3) is 0 Å². The highest BCUT2D eigenvalue weighted by Gasteiger charge is 2.39. The molecule has 38 heavy (non-hydrogen) atoms. The van der Waals surface area contributed by atoms with E-state index in [0.29, 0.717) is 6.54 Å². The molecule has 0 bridgehead atoms. The van der Waals surface area contributed by atoms with E-state index < -0.39 is 0 Å². The quantitative estimate of drug-likeness (QED) is 0.339. The summed E-state index contributed by atoms with van der Waals surface area (Å²) < 4.78 is 0. The molecule has 190 valence electrons. The minimum atomic E-state index is -0.329. The lowest BCUT2D eigenvalue weighted by Crippen LogP contribution is -2.38. The standard InChI is InChI=1S/C33H31N3O2/c37-32-21-27(23-36(32)31-19-25-11-7-8-12-26(25)20-31)33(38)34-28-15-17-30(18-16-28)35(29-13-5-2-6-14-29)22-24-9-3-1-4-10-24/h1-18,27,31H,19-23H2,(H,34,38). The van der Waals surface area contributed by atoms with E-state index in [9.17, 15) is 9.59 Å². The fourth-order valence-electron chi connectivity index (χ4n) is 5.69. The Labute approximate surface area is 223 Å². The number of hydrogen-bond donors (Lipinski definition) is 1. The van der Waals surface area contributed by atoms with Crippen LogP contribution in [0.4, 0.5) is 17.1 Å². The van der Waals surface area contributed by atoms with Crippen molar-refractivity contribution in [3.63, 3.8) is 0 Å². The minimum Gasteiger partial charge on any atom is -0.338 e. The molecule has 5 nitrogen and oxygen atoms in total. The van der Waals surface area contributed by atoms with E-state index in [2.05, 4.69) is 70.9 Å². The van der Waals surface area contributed by atoms with Crippen LogP contribution >= 0.6 is 0 Å². The number of benzene rings is 4. The molecule has 1 aliphatic carbocycles. The van der Waals surface area contributed by atoms with Crippen LogP contribution in [0.15, 0.2) is 109 Å². The molecule has 1 N–H and O–H groups in total. The maximum Gasteiger partial charge on any atom is 0.229 e. The number of carbonyl (C=O) groups excluding carboxylic acids is 2. The second-order valence-electron chi connectivity index (χ2n) is 10.2. The van der Waals surface area contributed by atoms with E-state index in [4.69, 9.17) is 0 Å². The number of para-hydroxylation sites is 1. The second-order valence-corrected chi connectivity index (χ2v) is 10.2. The fraction of sp³-hybridized carbons (Fsp3) is 0.212. The molecule has 1 atom stereocenters. The Morgan fingerprint density at radius 1 is 0.737 bits per heavy atom. The summed E-state index contributed by atoms with van der Waals surface area (Å²) in [6.07, 6.45) is 2.02. The monoisotopic (exact) mass is 501 g/mol. The smallest absolute Gasteiger partial charge is 0.229 e. The number of likely N-dealkylation sites (tertiary alicyclic amines) is 1. The van der Waals surface area contributed by atoms with Crippen molar-refractivity contribution in [2.24, 2.45) is 5.92 Å². The molecular weight excluding hydrogens is 470 g/mol. The summed E-state index contributed by atoms with van der Waals surface area (Å²) in [5.41, 5.74) is 6.73. The Kier molecular flexibility index (Phi) is 6.65. The lowest BCUT2D eigenvalue weighted by molar-refractivity contribution is -0.129. The van der Waals surface area contributed by atoms with Gasteiger partial charge in [-0.3, -0.25) is 9.59 Å². The molecular formula is C33H31N3O2. The number of nitrogens with one attached hydrogen (secondary N) is 1. The number of carbonyl (C=O) groups is 2. The summed E-state index contributed by atoms with van der Waals surface area (Å²) in [4.78, 5) is 30.1. The summed E-state index contributed by atoms with van der Waals surface area (Å²) >= 11 is 0. The molecule has 0 radical (unpaired) electrons. The third kappa shape index (κ3) is 5.05. The third-order valence-electron chi connectivity index (χ3n) is 7.70. The van der Waals surface area contributed by atoms with E-state index in [1.165, 1.54) is 16.7 Å². The van der Waals surface area contributed by atoms with Gasteiger partial charge in [0.1, 0.15) is 0 Å². The van der Waals surface area contributed by atoms with Crippen molar-refractivity contribution in [1.82, 2.24) is 4.90 Å². The third-order valence-corrected chi connectivity index (χ3v) is 7.70. The Morgan fingerprint density at radius 2 is 1.32 bits per heavy atom. The first-order chi connectivity index (χ1) is 18.6. The molecule has 1 unspecified atom stereocenters. The Morgan fingerprint density at radius 3 is 1.97 bits per heavy atom. The normalized spacial score (nSPS) is 16.9. The highest BCUT2D eigenvalue weighted by atomic mass is 16.2. The van der Waals surface area contributed by atoms with Crippen molar-refractivity contribution in [3.05, 3.63) is 126 Å². The lowest BCUT2D eigenvalue weighted by atomic mass is 10.1. The molecule has 1 aliphatic heterocycles. The van der Waals surface area contributed by atoms with Crippen LogP contribution < -0.4 is 10.2 Å². The van der Waals surface area contributed by atoms with Gasteiger partial charge in [-0.2, -0.15) is 0 Å². The minimum absolute atomic E-state index is 0.0812. The van der Waals surface area contributed by atoms with Gasteiger partial charge in [0.05, 0.1) is 5.92 Å². The van der Waals surface area contributed by atoms with E-state index in [1.807, 2.05) is 53.4 Å². The molecule has 1 heterocycles. The molecule has 2 aliphatic rings. The summed E-state index contributed by atoms with van der Waals surface area (Å²) in [7, 11) is 0. The van der Waals surface area contributed by atoms with Crippen molar-refractivity contribution in [1.29, 1.82) is 0 Å². The zero-order chi connectivity index (χ0) is 25.9. The molecule has 2 amide bonds. The van der Waals surface area contributed by atoms with Crippen LogP contribution in [0.2, 0.25) is 0 Å². The maximum atomic E-state index is 13.1. The average molecular weight is 502 g/mol. The molecule has 1 saturated heterocycles. The van der Waals surface area contributed by atoms with E-state index >= 15 is 0 Å². The van der Waals surface area contributed by atoms with Gasteiger partial charge in [-0.15, -0.1) is 0 Å². The Bertz CT molecular complexity index is 1390. The molecule has 0 saturated carbocycles. The molecule has 4 aromatic rings. The van der Waals surface area contributed by atoms with E-state index in [0.717, 1.165) is 36.4 Å². The van der Waals surface area contributed by atoms with Crippen molar-refractivity contribution >= 4 is 28.9 Å². The predicted octanol–water partition coefficient (Wildman–Crippen LogP) is 5.98. The molecule has 0 aromatic heterocycles. The van der Waals surface area contributed by atoms with Gasteiger partial charge in [0.2, 0.25) is 11.8 Å². The first-order valence-corrected chi connectivity index (χ1v) is 13.3. The molecule has 6 rings (SSSR count). The van der Waals surface area contributed by atoms with Crippen LogP contribution in [0, 0.1) is 5.92 Å². The number of rotatable bonds is 7. The van der Waals surface area contributed by atoms with Crippen molar-refractivity contribution in [2.45, 2.75) is 31.8 Å².